The van der Waals surface area contributed by atoms with Crippen LogP contribution in [0.15, 0.2) is 174 Å². The molecule has 0 saturated carbocycles. The molecule has 3 aromatic heterocycles. The van der Waals surface area contributed by atoms with Crippen LogP contribution in [0.25, 0.3) is 103 Å². The molecule has 11 rings (SSSR count). The number of rotatable bonds is 4. The molecule has 0 atom stereocenters. The van der Waals surface area contributed by atoms with Crippen LogP contribution in [-0.2, 0) is 0 Å². The van der Waals surface area contributed by atoms with Gasteiger partial charge in [0.15, 0.2) is 5.58 Å². The number of hydrogen-bond donors (Lipinski definition) is 0. The lowest BCUT2D eigenvalue weighted by Gasteiger charge is -2.08. The normalized spacial score (nSPS) is 11.9. The Balaban J connectivity index is 1.14. The maximum atomic E-state index is 6.99. The zero-order chi connectivity index (χ0) is 33.5. The van der Waals surface area contributed by atoms with E-state index in [2.05, 4.69) is 174 Å². The Morgan fingerprint density at radius 1 is 0.471 bits per heavy atom. The highest BCUT2D eigenvalue weighted by Crippen LogP contribution is 2.46. The van der Waals surface area contributed by atoms with Crippen LogP contribution in [0.2, 0.25) is 0 Å². The van der Waals surface area contributed by atoms with Gasteiger partial charge in [0, 0.05) is 47.8 Å². The van der Waals surface area contributed by atoms with Gasteiger partial charge < -0.3 is 8.98 Å². The number of para-hydroxylation sites is 2. The van der Waals surface area contributed by atoms with Crippen molar-refractivity contribution < 1.29 is 4.42 Å². The van der Waals surface area contributed by atoms with Gasteiger partial charge in [-0.05, 0) is 76.0 Å². The number of aromatic nitrogens is 2. The second kappa shape index (κ2) is 11.0. The summed E-state index contributed by atoms with van der Waals surface area (Å²) in [6, 6.07) is 60.6. The van der Waals surface area contributed by atoms with Gasteiger partial charge in [-0.1, -0.05) is 121 Å². The van der Waals surface area contributed by atoms with Crippen LogP contribution in [0.5, 0.6) is 0 Å². The van der Waals surface area contributed by atoms with Crippen LogP contribution in [0, 0.1) is 0 Å². The summed E-state index contributed by atoms with van der Waals surface area (Å²) >= 11 is 1.81. The largest absolute Gasteiger partial charge is 0.435 e. The van der Waals surface area contributed by atoms with Crippen molar-refractivity contribution in [2.75, 3.05) is 0 Å². The average Bonchev–Trinajstić information content (AvgIpc) is 3.90. The topological polar surface area (TPSA) is 31.0 Å². The van der Waals surface area contributed by atoms with Crippen molar-refractivity contribution >= 4 is 75.2 Å². The monoisotopic (exact) mass is 668 g/mol. The second-order valence-corrected chi connectivity index (χ2v) is 14.2. The molecule has 0 aliphatic heterocycles. The van der Waals surface area contributed by atoms with E-state index in [1.165, 1.54) is 42.1 Å². The molecular weight excluding hydrogens is 641 g/mol. The van der Waals surface area contributed by atoms with Gasteiger partial charge in [0.25, 0.3) is 0 Å². The molecule has 0 radical (unpaired) electrons. The number of hydrogen-bond acceptors (Lipinski definition) is 3. The van der Waals surface area contributed by atoms with Gasteiger partial charge in [-0.3, -0.25) is 0 Å². The summed E-state index contributed by atoms with van der Waals surface area (Å²) in [5.74, 6) is 0.628. The van der Waals surface area contributed by atoms with E-state index in [4.69, 9.17) is 9.40 Å². The Kier molecular flexibility index (Phi) is 6.12. The predicted molar refractivity (Wildman–Crippen MR) is 215 cm³/mol. The Hall–Kier alpha value is -6.49. The molecule has 3 nitrogen and oxygen atoms in total. The fourth-order valence-corrected chi connectivity index (χ4v) is 9.02. The molecule has 0 spiro atoms. The number of benzene rings is 8. The zero-order valence-corrected chi connectivity index (χ0v) is 28.2. The van der Waals surface area contributed by atoms with Gasteiger partial charge in [0.05, 0.1) is 11.0 Å². The predicted octanol–water partition coefficient (Wildman–Crippen LogP) is 13.4. The molecule has 0 amide bonds. The fourth-order valence-electron chi connectivity index (χ4n) is 7.87. The summed E-state index contributed by atoms with van der Waals surface area (Å²) in [7, 11) is 0. The van der Waals surface area contributed by atoms with E-state index in [1.54, 1.807) is 0 Å². The van der Waals surface area contributed by atoms with E-state index in [-0.39, 0.29) is 0 Å². The molecule has 0 fully saturated rings. The molecule has 0 aliphatic carbocycles. The molecule has 0 N–H and O–H groups in total. The first-order chi connectivity index (χ1) is 25.3. The van der Waals surface area contributed by atoms with Crippen LogP contribution in [-0.4, -0.2) is 9.55 Å². The van der Waals surface area contributed by atoms with Crippen LogP contribution < -0.4 is 0 Å². The molecule has 8 aromatic carbocycles. The first-order valence-electron chi connectivity index (χ1n) is 17.2. The molecule has 3 heterocycles. The summed E-state index contributed by atoms with van der Waals surface area (Å²) in [6.07, 6.45) is 0. The molecule has 0 aliphatic rings. The van der Waals surface area contributed by atoms with E-state index >= 15 is 0 Å². The molecule has 51 heavy (non-hydrogen) atoms. The Morgan fingerprint density at radius 3 is 2.06 bits per heavy atom. The van der Waals surface area contributed by atoms with Crippen LogP contribution in [0.3, 0.4) is 0 Å². The van der Waals surface area contributed by atoms with Gasteiger partial charge in [0.1, 0.15) is 5.52 Å². The number of thiophene rings is 1. The van der Waals surface area contributed by atoms with Crippen LogP contribution >= 0.6 is 11.3 Å². The third-order valence-corrected chi connectivity index (χ3v) is 11.3. The van der Waals surface area contributed by atoms with Gasteiger partial charge in [-0.2, -0.15) is 0 Å². The summed E-state index contributed by atoms with van der Waals surface area (Å²) in [5, 5.41) is 7.15. The van der Waals surface area contributed by atoms with E-state index in [1.807, 2.05) is 11.3 Å². The molecule has 0 bridgehead atoms. The third-order valence-electron chi connectivity index (χ3n) is 10.2. The highest BCUT2D eigenvalue weighted by molar-refractivity contribution is 7.26. The fraction of sp³-hybridized carbons (Fsp3) is 0. The summed E-state index contributed by atoms with van der Waals surface area (Å²) in [5.41, 5.74) is 10.6. The maximum absolute atomic E-state index is 6.99. The summed E-state index contributed by atoms with van der Waals surface area (Å²) in [6.45, 7) is 0. The molecular formula is C47H28N2OS. The number of fused-ring (bicyclic) bond motifs is 9. The lowest BCUT2D eigenvalue weighted by Crippen LogP contribution is -1.92. The Morgan fingerprint density at radius 2 is 1.18 bits per heavy atom. The quantitative estimate of drug-likeness (QED) is 0.187. The number of nitrogens with zero attached hydrogens (tertiary/aromatic N) is 2. The van der Waals surface area contributed by atoms with Crippen molar-refractivity contribution in [2.24, 2.45) is 0 Å². The Bertz CT molecular complexity index is 3130. The maximum Gasteiger partial charge on any atom is 0.228 e. The first kappa shape index (κ1) is 28.4. The van der Waals surface area contributed by atoms with Crippen molar-refractivity contribution in [2.45, 2.75) is 0 Å². The minimum absolute atomic E-state index is 0.628. The lowest BCUT2D eigenvalue weighted by atomic mass is 9.97. The third kappa shape index (κ3) is 4.33. The Labute approximate surface area is 297 Å². The highest BCUT2D eigenvalue weighted by atomic mass is 32.1. The number of oxazole rings is 1. The van der Waals surface area contributed by atoms with Gasteiger partial charge in [-0.15, -0.1) is 11.3 Å². The van der Waals surface area contributed by atoms with Crippen molar-refractivity contribution in [3.8, 4) is 39.4 Å². The van der Waals surface area contributed by atoms with Crippen molar-refractivity contribution in [1.82, 2.24) is 9.55 Å². The van der Waals surface area contributed by atoms with E-state index in [0.29, 0.717) is 5.89 Å². The van der Waals surface area contributed by atoms with Crippen molar-refractivity contribution in [1.29, 1.82) is 0 Å². The second-order valence-electron chi connectivity index (χ2n) is 13.1. The van der Waals surface area contributed by atoms with E-state index in [0.717, 1.165) is 55.3 Å². The van der Waals surface area contributed by atoms with Crippen molar-refractivity contribution in [3.05, 3.63) is 170 Å². The summed E-state index contributed by atoms with van der Waals surface area (Å²) in [4.78, 5) is 5.38. The molecule has 11 aromatic rings. The minimum Gasteiger partial charge on any atom is -0.435 e. The van der Waals surface area contributed by atoms with E-state index in [9.17, 15) is 0 Å². The summed E-state index contributed by atoms with van der Waals surface area (Å²) < 4.78 is 11.8. The van der Waals surface area contributed by atoms with Crippen LogP contribution in [0.4, 0.5) is 0 Å². The highest BCUT2D eigenvalue weighted by Gasteiger charge is 2.23. The molecule has 238 valence electrons. The van der Waals surface area contributed by atoms with Gasteiger partial charge in [0.2, 0.25) is 5.89 Å². The average molecular weight is 669 g/mol. The zero-order valence-electron chi connectivity index (χ0n) is 27.4. The molecule has 4 heteroatoms. The lowest BCUT2D eigenvalue weighted by molar-refractivity contribution is 0.621. The van der Waals surface area contributed by atoms with Gasteiger partial charge in [-0.25, -0.2) is 4.98 Å². The smallest absolute Gasteiger partial charge is 0.228 e. The first-order valence-corrected chi connectivity index (χ1v) is 18.0. The van der Waals surface area contributed by atoms with Crippen molar-refractivity contribution in [3.63, 3.8) is 0 Å². The SMILES string of the molecule is c1ccc(-n2c3ccccc3c3c(-c4nc5c(o4)c(-c4ccc(-c6ccc7ccccc7c6)cc4)cc4sc6ccccc6c45)cccc32)cc1. The minimum atomic E-state index is 0.628. The van der Waals surface area contributed by atoms with E-state index < -0.39 is 0 Å². The molecule has 0 saturated heterocycles. The van der Waals surface area contributed by atoms with Gasteiger partial charge >= 0.3 is 0 Å². The van der Waals surface area contributed by atoms with Crippen LogP contribution in [0.1, 0.15) is 0 Å². The molecule has 0 unspecified atom stereocenters. The standard InChI is InChI=1S/C47H28N2OS/c1-2-13-34(14-3-1)49-39-18-8-6-15-35(39)43-37(17-10-19-40(43)49)47-48-45-44-36-16-7-9-20-41(36)51-42(44)28-38(46(45)50-47)31-24-21-30(22-25-31)33-26-23-29-11-4-5-12-32(29)27-33/h1-28H.